The standard InChI is InChI=1S/C15H22ClN3O/c16-14-3-1-2-4-15(14)20-10-9-18-5-7-19(8-6-18)13-11-17-12-13/h1-4,13,17H,5-12H2. The van der Waals surface area contributed by atoms with Gasteiger partial charge in [-0.1, -0.05) is 23.7 Å². The molecule has 20 heavy (non-hydrogen) atoms. The number of rotatable bonds is 5. The van der Waals surface area contributed by atoms with E-state index in [0.717, 1.165) is 44.5 Å². The van der Waals surface area contributed by atoms with Gasteiger partial charge in [0.2, 0.25) is 0 Å². The first-order valence-corrected chi connectivity index (χ1v) is 7.75. The van der Waals surface area contributed by atoms with E-state index in [4.69, 9.17) is 16.3 Å². The maximum atomic E-state index is 6.07. The first-order valence-electron chi connectivity index (χ1n) is 7.37. The highest BCUT2D eigenvalue weighted by Crippen LogP contribution is 2.22. The minimum atomic E-state index is 0.690. The van der Waals surface area contributed by atoms with Gasteiger partial charge in [0.1, 0.15) is 12.4 Å². The van der Waals surface area contributed by atoms with Crippen molar-refractivity contribution < 1.29 is 4.74 Å². The highest BCUT2D eigenvalue weighted by Gasteiger charge is 2.27. The van der Waals surface area contributed by atoms with Crippen LogP contribution in [0.25, 0.3) is 0 Å². The van der Waals surface area contributed by atoms with E-state index in [1.165, 1.54) is 13.1 Å². The first-order chi connectivity index (χ1) is 9.83. The summed E-state index contributed by atoms with van der Waals surface area (Å²) >= 11 is 6.07. The summed E-state index contributed by atoms with van der Waals surface area (Å²) in [7, 11) is 0. The Labute approximate surface area is 125 Å². The normalized spacial score (nSPS) is 21.6. The van der Waals surface area contributed by atoms with E-state index in [2.05, 4.69) is 15.1 Å². The number of hydrogen-bond acceptors (Lipinski definition) is 4. The number of halogens is 1. The molecule has 2 aliphatic rings. The van der Waals surface area contributed by atoms with Gasteiger partial charge in [0, 0.05) is 51.9 Å². The van der Waals surface area contributed by atoms with Crippen molar-refractivity contribution in [2.75, 3.05) is 52.4 Å². The maximum Gasteiger partial charge on any atom is 0.137 e. The number of piperazine rings is 1. The van der Waals surface area contributed by atoms with Gasteiger partial charge in [-0.05, 0) is 12.1 Å². The molecule has 0 amide bonds. The fraction of sp³-hybridized carbons (Fsp3) is 0.600. The summed E-state index contributed by atoms with van der Waals surface area (Å²) < 4.78 is 5.75. The van der Waals surface area contributed by atoms with Gasteiger partial charge >= 0.3 is 0 Å². The third kappa shape index (κ3) is 3.44. The molecule has 110 valence electrons. The largest absolute Gasteiger partial charge is 0.491 e. The lowest BCUT2D eigenvalue weighted by atomic mass is 10.1. The molecule has 0 aromatic heterocycles. The Morgan fingerprint density at radius 1 is 1.15 bits per heavy atom. The maximum absolute atomic E-state index is 6.07. The molecule has 4 nitrogen and oxygen atoms in total. The SMILES string of the molecule is Clc1ccccc1OCCN1CCN(C2CNC2)CC1. The van der Waals surface area contributed by atoms with Crippen molar-refractivity contribution in [3.05, 3.63) is 29.3 Å². The topological polar surface area (TPSA) is 27.7 Å². The van der Waals surface area contributed by atoms with Crippen LogP contribution in [0.3, 0.4) is 0 Å². The molecule has 2 heterocycles. The van der Waals surface area contributed by atoms with Crippen LogP contribution < -0.4 is 10.1 Å². The third-order valence-electron chi connectivity index (χ3n) is 4.18. The van der Waals surface area contributed by atoms with Gasteiger partial charge in [0.25, 0.3) is 0 Å². The molecule has 1 aromatic carbocycles. The second-order valence-electron chi connectivity index (χ2n) is 5.47. The summed E-state index contributed by atoms with van der Waals surface area (Å²) in [6, 6.07) is 8.43. The van der Waals surface area contributed by atoms with Gasteiger partial charge in [-0.25, -0.2) is 0 Å². The van der Waals surface area contributed by atoms with Crippen molar-refractivity contribution in [2.45, 2.75) is 6.04 Å². The van der Waals surface area contributed by atoms with Crippen molar-refractivity contribution in [2.24, 2.45) is 0 Å². The van der Waals surface area contributed by atoms with Crippen LogP contribution in [0, 0.1) is 0 Å². The number of benzene rings is 1. The summed E-state index contributed by atoms with van der Waals surface area (Å²) in [6.07, 6.45) is 0. The lowest BCUT2D eigenvalue weighted by molar-refractivity contribution is 0.0663. The van der Waals surface area contributed by atoms with Crippen LogP contribution in [0.15, 0.2) is 24.3 Å². The number of hydrogen-bond donors (Lipinski definition) is 1. The van der Waals surface area contributed by atoms with Gasteiger partial charge in [-0.15, -0.1) is 0 Å². The van der Waals surface area contributed by atoms with Crippen LogP contribution in [0.1, 0.15) is 0 Å². The fourth-order valence-electron chi connectivity index (χ4n) is 2.73. The Balaban J connectivity index is 1.36. The first kappa shape index (κ1) is 14.1. The van der Waals surface area contributed by atoms with E-state index in [1.54, 1.807) is 0 Å². The Bertz CT molecular complexity index is 431. The van der Waals surface area contributed by atoms with E-state index in [1.807, 2.05) is 24.3 Å². The molecule has 3 rings (SSSR count). The third-order valence-corrected chi connectivity index (χ3v) is 4.50. The number of para-hydroxylation sites is 1. The molecular weight excluding hydrogens is 274 g/mol. The van der Waals surface area contributed by atoms with E-state index >= 15 is 0 Å². The van der Waals surface area contributed by atoms with Crippen molar-refractivity contribution in [3.63, 3.8) is 0 Å². The van der Waals surface area contributed by atoms with E-state index in [-0.39, 0.29) is 0 Å². The fourth-order valence-corrected chi connectivity index (χ4v) is 2.92. The number of nitrogens with one attached hydrogen (secondary N) is 1. The van der Waals surface area contributed by atoms with Crippen LogP contribution in [-0.2, 0) is 0 Å². The monoisotopic (exact) mass is 295 g/mol. The zero-order chi connectivity index (χ0) is 13.8. The Hall–Kier alpha value is -0.810. The molecule has 1 N–H and O–H groups in total. The zero-order valence-corrected chi connectivity index (χ0v) is 12.5. The average Bonchev–Trinajstić information content (AvgIpc) is 2.41. The van der Waals surface area contributed by atoms with Gasteiger partial charge in [-0.3, -0.25) is 9.80 Å². The molecule has 5 heteroatoms. The Morgan fingerprint density at radius 3 is 2.55 bits per heavy atom. The van der Waals surface area contributed by atoms with Crippen LogP contribution in [0.2, 0.25) is 5.02 Å². The minimum Gasteiger partial charge on any atom is -0.491 e. The quantitative estimate of drug-likeness (QED) is 0.886. The summed E-state index contributed by atoms with van der Waals surface area (Å²) in [5.74, 6) is 0.786. The molecule has 0 saturated carbocycles. The van der Waals surface area contributed by atoms with Crippen LogP contribution in [0.4, 0.5) is 0 Å². The summed E-state index contributed by atoms with van der Waals surface area (Å²) in [5.41, 5.74) is 0. The highest BCUT2D eigenvalue weighted by atomic mass is 35.5. The molecular formula is C15H22ClN3O. The highest BCUT2D eigenvalue weighted by molar-refractivity contribution is 6.32. The molecule has 0 spiro atoms. The number of nitrogens with zero attached hydrogens (tertiary/aromatic N) is 2. The van der Waals surface area contributed by atoms with Gasteiger partial charge in [0.15, 0.2) is 0 Å². The van der Waals surface area contributed by atoms with Gasteiger partial charge in [-0.2, -0.15) is 0 Å². The molecule has 0 unspecified atom stereocenters. The predicted octanol–water partition coefficient (Wildman–Crippen LogP) is 1.31. The summed E-state index contributed by atoms with van der Waals surface area (Å²) in [5, 5.41) is 4.03. The molecule has 0 radical (unpaired) electrons. The zero-order valence-electron chi connectivity index (χ0n) is 11.7. The molecule has 2 fully saturated rings. The minimum absolute atomic E-state index is 0.690. The Morgan fingerprint density at radius 2 is 1.90 bits per heavy atom. The summed E-state index contributed by atoms with van der Waals surface area (Å²) in [4.78, 5) is 5.07. The molecule has 1 aromatic rings. The van der Waals surface area contributed by atoms with Crippen LogP contribution in [-0.4, -0.2) is 68.3 Å². The molecule has 2 saturated heterocycles. The van der Waals surface area contributed by atoms with Crippen molar-refractivity contribution in [3.8, 4) is 5.75 Å². The lowest BCUT2D eigenvalue weighted by Gasteiger charge is -2.43. The van der Waals surface area contributed by atoms with E-state index < -0.39 is 0 Å². The van der Waals surface area contributed by atoms with E-state index in [0.29, 0.717) is 11.6 Å². The lowest BCUT2D eigenvalue weighted by Crippen LogP contribution is -2.61. The van der Waals surface area contributed by atoms with Crippen molar-refractivity contribution >= 4 is 11.6 Å². The smallest absolute Gasteiger partial charge is 0.137 e. The van der Waals surface area contributed by atoms with E-state index in [9.17, 15) is 0 Å². The summed E-state index contributed by atoms with van der Waals surface area (Å²) in [6.45, 7) is 8.64. The van der Waals surface area contributed by atoms with Crippen molar-refractivity contribution in [1.29, 1.82) is 0 Å². The predicted molar refractivity (Wildman–Crippen MR) is 81.6 cm³/mol. The molecule has 0 bridgehead atoms. The Kier molecular flexibility index (Phi) is 4.78. The average molecular weight is 296 g/mol. The molecule has 0 atom stereocenters. The second kappa shape index (κ2) is 6.76. The number of ether oxygens (including phenoxy) is 1. The van der Waals surface area contributed by atoms with Gasteiger partial charge in [0.05, 0.1) is 5.02 Å². The molecule has 0 aliphatic carbocycles. The van der Waals surface area contributed by atoms with Crippen LogP contribution in [0.5, 0.6) is 5.75 Å². The second-order valence-corrected chi connectivity index (χ2v) is 5.88. The molecule has 2 aliphatic heterocycles. The van der Waals surface area contributed by atoms with Gasteiger partial charge < -0.3 is 10.1 Å². The van der Waals surface area contributed by atoms with Crippen molar-refractivity contribution in [1.82, 2.24) is 15.1 Å². The van der Waals surface area contributed by atoms with Crippen LogP contribution >= 0.6 is 11.6 Å².